The van der Waals surface area contributed by atoms with E-state index in [0.29, 0.717) is 12.5 Å². The van der Waals surface area contributed by atoms with Crippen LogP contribution in [-0.2, 0) is 4.74 Å². The van der Waals surface area contributed by atoms with Gasteiger partial charge in [-0.2, -0.15) is 0 Å². The van der Waals surface area contributed by atoms with Gasteiger partial charge in [-0.1, -0.05) is 38.1 Å². The molecule has 0 aromatic heterocycles. The summed E-state index contributed by atoms with van der Waals surface area (Å²) in [6, 6.07) is 7.52. The first kappa shape index (κ1) is 15.2. The van der Waals surface area contributed by atoms with E-state index in [1.165, 1.54) is 0 Å². The van der Waals surface area contributed by atoms with Gasteiger partial charge in [0.25, 0.3) is 0 Å². The molecule has 4 heteroatoms. The number of amides is 1. The molecule has 1 aromatic rings. The highest BCUT2D eigenvalue weighted by Gasteiger charge is 2.24. The van der Waals surface area contributed by atoms with Crippen molar-refractivity contribution in [1.82, 2.24) is 4.90 Å². The molecule has 21 heavy (non-hydrogen) atoms. The van der Waals surface area contributed by atoms with Crippen LogP contribution in [0.5, 0.6) is 5.75 Å². The molecule has 0 bridgehead atoms. The predicted molar refractivity (Wildman–Crippen MR) is 82.0 cm³/mol. The molecule has 1 aliphatic heterocycles. The van der Waals surface area contributed by atoms with Crippen LogP contribution in [-0.4, -0.2) is 24.7 Å². The number of benzene rings is 1. The molecule has 1 aliphatic rings. The largest absolute Gasteiger partial charge is 0.497 e. The van der Waals surface area contributed by atoms with E-state index in [-0.39, 0.29) is 12.1 Å². The lowest BCUT2D eigenvalue weighted by molar-refractivity contribution is 0.0988. The molecular formula is C17H21NO3. The van der Waals surface area contributed by atoms with Gasteiger partial charge in [0.05, 0.1) is 19.8 Å². The van der Waals surface area contributed by atoms with Gasteiger partial charge < -0.3 is 9.47 Å². The summed E-state index contributed by atoms with van der Waals surface area (Å²) in [5.41, 5.74) is 0.983. The molecule has 112 valence electrons. The number of nitrogens with zero attached hydrogens (tertiary/aromatic N) is 1. The van der Waals surface area contributed by atoms with Crippen LogP contribution in [0.4, 0.5) is 4.79 Å². The maximum Gasteiger partial charge on any atom is 0.414 e. The van der Waals surface area contributed by atoms with Crippen molar-refractivity contribution < 1.29 is 14.3 Å². The Kier molecular flexibility index (Phi) is 5.04. The number of carbonyl (C=O) groups excluding carboxylic acids is 1. The second-order valence-electron chi connectivity index (χ2n) is 5.33. The fraction of sp³-hybridized carbons (Fsp3) is 0.353. The summed E-state index contributed by atoms with van der Waals surface area (Å²) in [5, 5.41) is 0. The summed E-state index contributed by atoms with van der Waals surface area (Å²) in [5.74, 6) is 1.08. The number of hydrogen-bond donors (Lipinski definition) is 0. The summed E-state index contributed by atoms with van der Waals surface area (Å²) in [4.78, 5) is 13.8. The standard InChI is InChI=1S/C17H21NO3/c1-13(2)12-21-17(19)18-10-5-4-9-16(18)14-7-6-8-15(11-14)20-3/h4-11,13,16H,12H2,1-3H3/t16-/m1/s1. The number of ether oxygens (including phenoxy) is 2. The van der Waals surface area contributed by atoms with Crippen LogP contribution < -0.4 is 4.74 Å². The molecule has 0 radical (unpaired) electrons. The van der Waals surface area contributed by atoms with Crippen molar-refractivity contribution >= 4 is 6.09 Å². The second-order valence-corrected chi connectivity index (χ2v) is 5.33. The van der Waals surface area contributed by atoms with Crippen molar-refractivity contribution in [2.75, 3.05) is 13.7 Å². The van der Waals surface area contributed by atoms with Gasteiger partial charge >= 0.3 is 6.09 Å². The Morgan fingerprint density at radius 3 is 2.86 bits per heavy atom. The van der Waals surface area contributed by atoms with Crippen LogP contribution in [0.1, 0.15) is 25.5 Å². The van der Waals surface area contributed by atoms with Gasteiger partial charge in [0.2, 0.25) is 0 Å². The quantitative estimate of drug-likeness (QED) is 0.842. The molecule has 4 nitrogen and oxygen atoms in total. The van der Waals surface area contributed by atoms with Crippen LogP contribution >= 0.6 is 0 Å². The summed E-state index contributed by atoms with van der Waals surface area (Å²) in [6.45, 7) is 4.44. The van der Waals surface area contributed by atoms with Gasteiger partial charge in [-0.15, -0.1) is 0 Å². The summed E-state index contributed by atoms with van der Waals surface area (Å²) < 4.78 is 10.6. The molecule has 1 atom stereocenters. The highest BCUT2D eigenvalue weighted by atomic mass is 16.6. The van der Waals surface area contributed by atoms with E-state index in [1.54, 1.807) is 18.2 Å². The van der Waals surface area contributed by atoms with E-state index in [0.717, 1.165) is 11.3 Å². The molecule has 0 fully saturated rings. The van der Waals surface area contributed by atoms with Crippen LogP contribution in [0.2, 0.25) is 0 Å². The van der Waals surface area contributed by atoms with Gasteiger partial charge in [-0.05, 0) is 29.7 Å². The minimum Gasteiger partial charge on any atom is -0.497 e. The lowest BCUT2D eigenvalue weighted by atomic mass is 10.0. The molecule has 1 heterocycles. The smallest absolute Gasteiger partial charge is 0.414 e. The van der Waals surface area contributed by atoms with E-state index in [2.05, 4.69) is 0 Å². The molecule has 0 aliphatic carbocycles. The zero-order valence-electron chi connectivity index (χ0n) is 12.7. The molecule has 0 saturated heterocycles. The number of hydrogen-bond acceptors (Lipinski definition) is 3. The fourth-order valence-electron chi connectivity index (χ4n) is 2.08. The van der Waals surface area contributed by atoms with E-state index >= 15 is 0 Å². The Morgan fingerprint density at radius 1 is 1.33 bits per heavy atom. The highest BCUT2D eigenvalue weighted by molar-refractivity contribution is 5.70. The SMILES string of the molecule is COc1cccc([C@H]2C=CC=CN2C(=O)OCC(C)C)c1. The third kappa shape index (κ3) is 3.88. The average Bonchev–Trinajstić information content (AvgIpc) is 2.52. The van der Waals surface area contributed by atoms with Crippen molar-refractivity contribution in [3.8, 4) is 5.75 Å². The third-order valence-corrected chi connectivity index (χ3v) is 3.14. The van der Waals surface area contributed by atoms with E-state index in [1.807, 2.05) is 56.3 Å². The molecule has 0 spiro atoms. The molecule has 2 rings (SSSR count). The first-order valence-corrected chi connectivity index (χ1v) is 7.06. The zero-order chi connectivity index (χ0) is 15.2. The number of rotatable bonds is 4. The van der Waals surface area contributed by atoms with E-state index in [9.17, 15) is 4.79 Å². The third-order valence-electron chi connectivity index (χ3n) is 3.14. The molecule has 1 amide bonds. The highest BCUT2D eigenvalue weighted by Crippen LogP contribution is 2.28. The lowest BCUT2D eigenvalue weighted by Crippen LogP contribution is -2.31. The number of carbonyl (C=O) groups is 1. The monoisotopic (exact) mass is 287 g/mol. The Bertz CT molecular complexity index is 549. The normalized spacial score (nSPS) is 17.1. The van der Waals surface area contributed by atoms with E-state index in [4.69, 9.17) is 9.47 Å². The molecule has 1 aromatic carbocycles. The minimum atomic E-state index is -0.336. The summed E-state index contributed by atoms with van der Waals surface area (Å²) in [7, 11) is 1.63. The van der Waals surface area contributed by atoms with Crippen molar-refractivity contribution in [2.24, 2.45) is 5.92 Å². The first-order valence-electron chi connectivity index (χ1n) is 7.06. The predicted octanol–water partition coefficient (Wildman–Crippen LogP) is 3.91. The maximum absolute atomic E-state index is 12.2. The van der Waals surface area contributed by atoms with Crippen LogP contribution in [0, 0.1) is 5.92 Å². The Balaban J connectivity index is 2.17. The lowest BCUT2D eigenvalue weighted by Gasteiger charge is -2.28. The Labute approximate surface area is 125 Å². The number of methoxy groups -OCH3 is 1. The molecule has 0 unspecified atom stereocenters. The topological polar surface area (TPSA) is 38.8 Å². The molecule has 0 saturated carbocycles. The summed E-state index contributed by atoms with van der Waals surface area (Å²) >= 11 is 0. The maximum atomic E-state index is 12.2. The number of allylic oxidation sites excluding steroid dienone is 2. The molecular weight excluding hydrogens is 266 g/mol. The molecule has 0 N–H and O–H groups in total. The zero-order valence-corrected chi connectivity index (χ0v) is 12.7. The van der Waals surface area contributed by atoms with Crippen LogP contribution in [0.15, 0.2) is 48.7 Å². The van der Waals surface area contributed by atoms with E-state index < -0.39 is 0 Å². The Morgan fingerprint density at radius 2 is 2.14 bits per heavy atom. The van der Waals surface area contributed by atoms with Crippen molar-refractivity contribution in [3.05, 3.63) is 54.3 Å². The van der Waals surface area contributed by atoms with Crippen molar-refractivity contribution in [2.45, 2.75) is 19.9 Å². The summed E-state index contributed by atoms with van der Waals surface area (Å²) in [6.07, 6.45) is 7.12. The minimum absolute atomic E-state index is 0.176. The van der Waals surface area contributed by atoms with Crippen LogP contribution in [0.25, 0.3) is 0 Å². The van der Waals surface area contributed by atoms with Crippen molar-refractivity contribution in [3.63, 3.8) is 0 Å². The Hall–Kier alpha value is -2.23. The van der Waals surface area contributed by atoms with Crippen molar-refractivity contribution in [1.29, 1.82) is 0 Å². The van der Waals surface area contributed by atoms with Gasteiger partial charge in [-0.25, -0.2) is 4.79 Å². The second kappa shape index (κ2) is 6.97. The fourth-order valence-corrected chi connectivity index (χ4v) is 2.08. The van der Waals surface area contributed by atoms with Gasteiger partial charge in [-0.3, -0.25) is 4.90 Å². The van der Waals surface area contributed by atoms with Gasteiger partial charge in [0.1, 0.15) is 5.75 Å². The van der Waals surface area contributed by atoms with Gasteiger partial charge in [0, 0.05) is 6.20 Å². The average molecular weight is 287 g/mol. The van der Waals surface area contributed by atoms with Crippen LogP contribution in [0.3, 0.4) is 0 Å². The van der Waals surface area contributed by atoms with Gasteiger partial charge in [0.15, 0.2) is 0 Å². The first-order chi connectivity index (χ1) is 10.1.